The second-order valence-corrected chi connectivity index (χ2v) is 7.69. The molecule has 2 aliphatic heterocycles. The maximum absolute atomic E-state index is 13.2. The molecular weight excluding hydrogens is 370 g/mol. The summed E-state index contributed by atoms with van der Waals surface area (Å²) in [6.45, 7) is 6.08. The Labute approximate surface area is 170 Å². The highest BCUT2D eigenvalue weighted by molar-refractivity contribution is 5.97. The molecule has 2 aromatic rings. The maximum Gasteiger partial charge on any atom is 0.257 e. The standard InChI is InChI=1S/C21H27N5O3/c1-14-6-4-7-16(19(14)29-3)21(28)24-11-9-18-22-23-20(26(18)13-12-24)17-8-5-10-25(17)15(2)27/h4,6-7,17H,5,8-13H2,1-3H3/t17-/m0/s1. The normalized spacial score (nSPS) is 19.1. The molecule has 0 saturated carbocycles. The largest absolute Gasteiger partial charge is 0.496 e. The number of para-hydroxylation sites is 1. The fourth-order valence-corrected chi connectivity index (χ4v) is 4.47. The minimum absolute atomic E-state index is 0.0205. The molecule has 154 valence electrons. The molecule has 0 aliphatic carbocycles. The number of amides is 2. The molecule has 3 heterocycles. The van der Waals surface area contributed by atoms with Crippen LogP contribution in [0.5, 0.6) is 5.75 Å². The Morgan fingerprint density at radius 3 is 2.72 bits per heavy atom. The highest BCUT2D eigenvalue weighted by Gasteiger charge is 2.34. The molecule has 29 heavy (non-hydrogen) atoms. The Balaban J connectivity index is 1.55. The van der Waals surface area contributed by atoms with E-state index in [0.29, 0.717) is 37.4 Å². The number of rotatable bonds is 3. The SMILES string of the molecule is COc1c(C)cccc1C(=O)N1CCc2nnc([C@@H]3CCCN3C(C)=O)n2CC1. The molecular formula is C21H27N5O3. The van der Waals surface area contributed by atoms with Gasteiger partial charge in [0.1, 0.15) is 11.6 Å². The van der Waals surface area contributed by atoms with Crippen molar-refractivity contribution >= 4 is 11.8 Å². The summed E-state index contributed by atoms with van der Waals surface area (Å²) in [4.78, 5) is 28.9. The third-order valence-electron chi connectivity index (χ3n) is 5.94. The van der Waals surface area contributed by atoms with Crippen molar-refractivity contribution in [2.24, 2.45) is 0 Å². The van der Waals surface area contributed by atoms with E-state index >= 15 is 0 Å². The molecule has 4 rings (SSSR count). The molecule has 0 bridgehead atoms. The van der Waals surface area contributed by atoms with Crippen LogP contribution in [0.25, 0.3) is 0 Å². The van der Waals surface area contributed by atoms with Gasteiger partial charge in [0.2, 0.25) is 5.91 Å². The van der Waals surface area contributed by atoms with E-state index in [-0.39, 0.29) is 17.9 Å². The van der Waals surface area contributed by atoms with Crippen molar-refractivity contribution in [3.8, 4) is 5.75 Å². The average Bonchev–Trinajstić information content (AvgIpc) is 3.29. The number of hydrogen-bond donors (Lipinski definition) is 0. The van der Waals surface area contributed by atoms with E-state index < -0.39 is 0 Å². The Hall–Kier alpha value is -2.90. The van der Waals surface area contributed by atoms with Crippen LogP contribution in [0.15, 0.2) is 18.2 Å². The van der Waals surface area contributed by atoms with Crippen molar-refractivity contribution in [2.75, 3.05) is 26.7 Å². The zero-order valence-corrected chi connectivity index (χ0v) is 17.2. The van der Waals surface area contributed by atoms with E-state index in [2.05, 4.69) is 14.8 Å². The number of ether oxygens (including phenoxy) is 1. The van der Waals surface area contributed by atoms with E-state index in [1.165, 1.54) is 0 Å². The smallest absolute Gasteiger partial charge is 0.257 e. The van der Waals surface area contributed by atoms with Gasteiger partial charge in [0.25, 0.3) is 5.91 Å². The molecule has 0 spiro atoms. The van der Waals surface area contributed by atoms with Gasteiger partial charge in [-0.15, -0.1) is 10.2 Å². The summed E-state index contributed by atoms with van der Waals surface area (Å²) in [6.07, 6.45) is 2.52. The summed E-state index contributed by atoms with van der Waals surface area (Å²) in [5.74, 6) is 2.39. The van der Waals surface area contributed by atoms with Crippen LogP contribution in [0.3, 0.4) is 0 Å². The van der Waals surface area contributed by atoms with E-state index in [4.69, 9.17) is 4.74 Å². The molecule has 1 saturated heterocycles. The quantitative estimate of drug-likeness (QED) is 0.791. The van der Waals surface area contributed by atoms with Crippen LogP contribution in [0, 0.1) is 6.92 Å². The van der Waals surface area contributed by atoms with Gasteiger partial charge in [-0.2, -0.15) is 0 Å². The molecule has 1 fully saturated rings. The molecule has 0 unspecified atom stereocenters. The Morgan fingerprint density at radius 2 is 1.97 bits per heavy atom. The van der Waals surface area contributed by atoms with Crippen LogP contribution in [-0.4, -0.2) is 63.1 Å². The Morgan fingerprint density at radius 1 is 1.14 bits per heavy atom. The number of fused-ring (bicyclic) bond motifs is 1. The van der Waals surface area contributed by atoms with Crippen molar-refractivity contribution < 1.29 is 14.3 Å². The molecule has 1 aromatic heterocycles. The summed E-state index contributed by atoms with van der Waals surface area (Å²) in [6, 6.07) is 5.61. The number of nitrogens with zero attached hydrogens (tertiary/aromatic N) is 5. The predicted molar refractivity (Wildman–Crippen MR) is 107 cm³/mol. The first-order valence-electron chi connectivity index (χ1n) is 10.1. The van der Waals surface area contributed by atoms with E-state index in [0.717, 1.165) is 36.6 Å². The van der Waals surface area contributed by atoms with Gasteiger partial charge in [-0.1, -0.05) is 12.1 Å². The van der Waals surface area contributed by atoms with Crippen molar-refractivity contribution in [1.29, 1.82) is 0 Å². The number of aryl methyl sites for hydroxylation is 1. The highest BCUT2D eigenvalue weighted by atomic mass is 16.5. The van der Waals surface area contributed by atoms with Crippen molar-refractivity contribution in [1.82, 2.24) is 24.6 Å². The van der Waals surface area contributed by atoms with Gasteiger partial charge in [-0.05, 0) is 31.4 Å². The molecule has 0 N–H and O–H groups in total. The number of methoxy groups -OCH3 is 1. The van der Waals surface area contributed by atoms with Gasteiger partial charge in [-0.3, -0.25) is 9.59 Å². The first kappa shape index (κ1) is 19.4. The second-order valence-electron chi connectivity index (χ2n) is 7.69. The lowest BCUT2D eigenvalue weighted by Gasteiger charge is -2.24. The van der Waals surface area contributed by atoms with Crippen LogP contribution in [0.2, 0.25) is 0 Å². The van der Waals surface area contributed by atoms with E-state index in [9.17, 15) is 9.59 Å². The summed E-state index contributed by atoms with van der Waals surface area (Å²) in [5.41, 5.74) is 1.53. The monoisotopic (exact) mass is 397 g/mol. The predicted octanol–water partition coefficient (Wildman–Crippen LogP) is 1.98. The van der Waals surface area contributed by atoms with E-state index in [1.807, 2.05) is 34.9 Å². The number of carbonyl (C=O) groups is 2. The fourth-order valence-electron chi connectivity index (χ4n) is 4.47. The second kappa shape index (κ2) is 7.85. The zero-order valence-electron chi connectivity index (χ0n) is 17.2. The Bertz CT molecular complexity index is 938. The molecule has 2 amide bonds. The van der Waals surface area contributed by atoms with Crippen LogP contribution in [0.1, 0.15) is 53.4 Å². The topological polar surface area (TPSA) is 80.6 Å². The zero-order chi connectivity index (χ0) is 20.5. The van der Waals surface area contributed by atoms with Crippen LogP contribution in [-0.2, 0) is 17.8 Å². The maximum atomic E-state index is 13.2. The van der Waals surface area contributed by atoms with Crippen molar-refractivity contribution in [2.45, 2.75) is 45.7 Å². The first-order valence-corrected chi connectivity index (χ1v) is 10.1. The summed E-state index contributed by atoms with van der Waals surface area (Å²) in [7, 11) is 1.59. The number of carbonyl (C=O) groups excluding carboxylic acids is 2. The molecule has 2 aliphatic rings. The number of aromatic nitrogens is 3. The number of hydrogen-bond acceptors (Lipinski definition) is 5. The molecule has 1 aromatic carbocycles. The minimum Gasteiger partial charge on any atom is -0.496 e. The lowest BCUT2D eigenvalue weighted by atomic mass is 10.1. The van der Waals surface area contributed by atoms with Gasteiger partial charge < -0.3 is 19.1 Å². The third kappa shape index (κ3) is 3.47. The van der Waals surface area contributed by atoms with Crippen molar-refractivity contribution in [3.63, 3.8) is 0 Å². The van der Waals surface area contributed by atoms with Crippen LogP contribution >= 0.6 is 0 Å². The summed E-state index contributed by atoms with van der Waals surface area (Å²) >= 11 is 0. The molecule has 8 nitrogen and oxygen atoms in total. The van der Waals surface area contributed by atoms with Crippen LogP contribution in [0.4, 0.5) is 0 Å². The van der Waals surface area contributed by atoms with Gasteiger partial charge in [-0.25, -0.2) is 0 Å². The van der Waals surface area contributed by atoms with Gasteiger partial charge >= 0.3 is 0 Å². The third-order valence-corrected chi connectivity index (χ3v) is 5.94. The molecule has 1 atom stereocenters. The number of benzene rings is 1. The first-order chi connectivity index (χ1) is 14.0. The molecule has 8 heteroatoms. The summed E-state index contributed by atoms with van der Waals surface area (Å²) < 4.78 is 7.58. The van der Waals surface area contributed by atoms with Crippen LogP contribution < -0.4 is 4.74 Å². The van der Waals surface area contributed by atoms with Gasteiger partial charge in [0.05, 0.1) is 18.7 Å². The van der Waals surface area contributed by atoms with E-state index in [1.54, 1.807) is 14.0 Å². The lowest BCUT2D eigenvalue weighted by Crippen LogP contribution is -2.34. The van der Waals surface area contributed by atoms with Gasteiger partial charge in [0, 0.05) is 39.5 Å². The average molecular weight is 397 g/mol. The Kier molecular flexibility index (Phi) is 5.25. The van der Waals surface area contributed by atoms with Gasteiger partial charge in [0.15, 0.2) is 5.82 Å². The highest BCUT2D eigenvalue weighted by Crippen LogP contribution is 2.32. The lowest BCUT2D eigenvalue weighted by molar-refractivity contribution is -0.129. The summed E-state index contributed by atoms with van der Waals surface area (Å²) in [5, 5.41) is 8.80. The minimum atomic E-state index is -0.0305. The fraction of sp³-hybridized carbons (Fsp3) is 0.524. The van der Waals surface area contributed by atoms with Crippen molar-refractivity contribution in [3.05, 3.63) is 41.0 Å². The molecule has 0 radical (unpaired) electrons. The number of likely N-dealkylation sites (tertiary alicyclic amines) is 1.